The SMILES string of the molecule is [2H]c1c([2H])c([2H])c(-c2c3c([2H])c([2H])c([2H])c([2H])c3c(-c3c([2H])c([2H])c(-c4ccc5oc6cc(-c7cccc8ccccc78)ccc6c5c4)c4c([2H])c([2H])c([2H])c([2H])c34)c3c([2H])c([2H])c([2H])c([2H])c23)c([2H])c1[2H]. The molecule has 0 saturated carbocycles. The van der Waals surface area contributed by atoms with Crippen LogP contribution in [0.3, 0.4) is 0 Å². The van der Waals surface area contributed by atoms with Crippen molar-refractivity contribution in [2.24, 2.45) is 0 Å². The smallest absolute Gasteiger partial charge is 0.136 e. The third-order valence-corrected chi connectivity index (χ3v) is 9.74. The van der Waals surface area contributed by atoms with Gasteiger partial charge in [0.1, 0.15) is 11.2 Å². The minimum Gasteiger partial charge on any atom is -0.456 e. The average Bonchev–Trinajstić information content (AvgIpc) is 3.75. The van der Waals surface area contributed by atoms with Gasteiger partial charge in [0.15, 0.2) is 0 Å². The van der Waals surface area contributed by atoms with Gasteiger partial charge in [-0.05, 0) is 112 Å². The molecule has 0 aliphatic heterocycles. The predicted molar refractivity (Wildman–Crippen MR) is 225 cm³/mol. The molecule has 0 atom stereocenters. The first-order valence-electron chi connectivity index (χ1n) is 26.2. The molecule has 10 aromatic carbocycles. The van der Waals surface area contributed by atoms with Gasteiger partial charge in [0, 0.05) is 10.8 Å². The maximum absolute atomic E-state index is 9.91. The lowest BCUT2D eigenvalue weighted by molar-refractivity contribution is 0.669. The Kier molecular flexibility index (Phi) is 3.69. The normalized spacial score (nSPS) is 16.8. The molecular formula is C52H32O. The van der Waals surface area contributed by atoms with Gasteiger partial charge in [-0.3, -0.25) is 0 Å². The summed E-state index contributed by atoms with van der Waals surface area (Å²) in [5.41, 5.74) is 0.665. The molecule has 0 radical (unpaired) electrons. The van der Waals surface area contributed by atoms with Crippen LogP contribution in [0.4, 0.5) is 0 Å². The van der Waals surface area contributed by atoms with E-state index in [-0.39, 0.29) is 16.5 Å². The third-order valence-electron chi connectivity index (χ3n) is 9.74. The molecule has 53 heavy (non-hydrogen) atoms. The summed E-state index contributed by atoms with van der Waals surface area (Å²) in [5.74, 6) is 0. The van der Waals surface area contributed by atoms with Crippen LogP contribution < -0.4 is 0 Å². The molecular weight excluding hydrogens is 641 g/mol. The quantitative estimate of drug-likeness (QED) is 0.167. The first-order chi connectivity index (χ1) is 34.2. The van der Waals surface area contributed by atoms with Crippen molar-refractivity contribution >= 4 is 65.0 Å². The lowest BCUT2D eigenvalue weighted by Crippen LogP contribution is -1.92. The van der Waals surface area contributed by atoms with Crippen LogP contribution in [0.15, 0.2) is 198 Å². The second-order valence-electron chi connectivity index (χ2n) is 12.6. The Morgan fingerprint density at radius 2 is 0.906 bits per heavy atom. The minimum atomic E-state index is -0.869. The summed E-state index contributed by atoms with van der Waals surface area (Å²) in [6, 6.07) is 9.25. The van der Waals surface area contributed by atoms with Crippen LogP contribution in [-0.2, 0) is 0 Å². The largest absolute Gasteiger partial charge is 0.456 e. The Morgan fingerprint density at radius 1 is 0.321 bits per heavy atom. The Morgan fingerprint density at radius 3 is 1.66 bits per heavy atom. The molecule has 246 valence electrons. The van der Waals surface area contributed by atoms with Crippen LogP contribution in [0, 0.1) is 0 Å². The first-order valence-corrected chi connectivity index (χ1v) is 16.7. The molecule has 0 fully saturated rings. The summed E-state index contributed by atoms with van der Waals surface area (Å²) in [7, 11) is 0. The minimum absolute atomic E-state index is 0.123. The molecule has 0 unspecified atom stereocenters. The molecule has 0 aliphatic carbocycles. The standard InChI is InChI=1S/C52H32O/c1-2-14-34(15-3-1)51-43-20-8-10-22-45(43)52(46-23-11-9-21-44(46)51)47-29-28-39(40-18-6-7-19-41(40)47)35-26-30-49-48(31-35)42-27-25-36(32-50(42)53-49)38-24-12-16-33-13-4-5-17-37(33)38/h1-32H/i1D,2D,3D,6D,7D,8D,9D,10D,11D,14D,15D,18D,19D,20D,21D,22D,23D,28D,29D. The van der Waals surface area contributed by atoms with Gasteiger partial charge < -0.3 is 4.42 Å². The topological polar surface area (TPSA) is 13.1 Å². The van der Waals surface area contributed by atoms with E-state index in [1.54, 1.807) is 18.2 Å². The zero-order valence-electron chi connectivity index (χ0n) is 46.4. The molecule has 0 amide bonds. The molecule has 0 N–H and O–H groups in total. The number of benzene rings is 10. The number of fused-ring (bicyclic) bond motifs is 7. The molecule has 1 heteroatoms. The Labute approximate surface area is 333 Å². The highest BCUT2D eigenvalue weighted by atomic mass is 16.3. The van der Waals surface area contributed by atoms with E-state index in [0.717, 1.165) is 21.9 Å². The number of hydrogen-bond donors (Lipinski definition) is 0. The fourth-order valence-corrected chi connectivity index (χ4v) is 7.42. The molecule has 0 spiro atoms. The lowest BCUT2D eigenvalue weighted by Gasteiger charge is -2.19. The molecule has 0 bridgehead atoms. The van der Waals surface area contributed by atoms with Crippen molar-refractivity contribution in [1.82, 2.24) is 0 Å². The number of hydrogen-bond acceptors (Lipinski definition) is 1. The van der Waals surface area contributed by atoms with Gasteiger partial charge in [0.2, 0.25) is 0 Å². The highest BCUT2D eigenvalue weighted by Gasteiger charge is 2.19. The average molecular weight is 692 g/mol. The monoisotopic (exact) mass is 691 g/mol. The van der Waals surface area contributed by atoms with Crippen molar-refractivity contribution in [3.05, 3.63) is 194 Å². The highest BCUT2D eigenvalue weighted by molar-refractivity contribution is 6.24. The van der Waals surface area contributed by atoms with E-state index >= 15 is 0 Å². The fraction of sp³-hybridized carbons (Fsp3) is 0. The van der Waals surface area contributed by atoms with Gasteiger partial charge in [-0.1, -0.05) is 169 Å². The second kappa shape index (κ2) is 11.8. The van der Waals surface area contributed by atoms with Crippen LogP contribution in [0.1, 0.15) is 26.0 Å². The van der Waals surface area contributed by atoms with Crippen LogP contribution in [-0.4, -0.2) is 0 Å². The Balaban J connectivity index is 1.30. The van der Waals surface area contributed by atoms with Crippen molar-refractivity contribution < 1.29 is 30.5 Å². The van der Waals surface area contributed by atoms with E-state index in [9.17, 15) is 11.0 Å². The van der Waals surface area contributed by atoms with Gasteiger partial charge in [-0.25, -0.2) is 0 Å². The summed E-state index contributed by atoms with van der Waals surface area (Å²) in [6.07, 6.45) is 0. The van der Waals surface area contributed by atoms with E-state index in [2.05, 4.69) is 0 Å². The van der Waals surface area contributed by atoms with Crippen LogP contribution in [0.5, 0.6) is 0 Å². The molecule has 1 aromatic heterocycles. The summed E-state index contributed by atoms with van der Waals surface area (Å²) in [4.78, 5) is 0. The molecule has 11 rings (SSSR count). The van der Waals surface area contributed by atoms with Gasteiger partial charge >= 0.3 is 0 Å². The van der Waals surface area contributed by atoms with E-state index in [0.29, 0.717) is 21.9 Å². The van der Waals surface area contributed by atoms with E-state index in [1.807, 2.05) is 60.7 Å². The Hall–Kier alpha value is -6.96. The molecule has 11 aromatic rings. The Bertz CT molecular complexity index is 4220. The summed E-state index contributed by atoms with van der Waals surface area (Å²) in [5, 5.41) is 0.355. The summed E-state index contributed by atoms with van der Waals surface area (Å²) < 4.78 is 179. The van der Waals surface area contributed by atoms with Gasteiger partial charge in [-0.15, -0.1) is 0 Å². The molecule has 0 saturated heterocycles. The number of furan rings is 1. The lowest BCUT2D eigenvalue weighted by atomic mass is 9.84. The molecule has 1 nitrogen and oxygen atoms in total. The predicted octanol–water partition coefficient (Wildman–Crippen LogP) is 14.9. The maximum Gasteiger partial charge on any atom is 0.136 e. The van der Waals surface area contributed by atoms with Crippen molar-refractivity contribution in [2.45, 2.75) is 0 Å². The van der Waals surface area contributed by atoms with Crippen molar-refractivity contribution in [2.75, 3.05) is 0 Å². The zero-order chi connectivity index (χ0) is 51.4. The van der Waals surface area contributed by atoms with E-state index < -0.39 is 164 Å². The fourth-order valence-electron chi connectivity index (χ4n) is 7.42. The zero-order valence-corrected chi connectivity index (χ0v) is 27.4. The summed E-state index contributed by atoms with van der Waals surface area (Å²) >= 11 is 0. The van der Waals surface area contributed by atoms with E-state index in [1.165, 1.54) is 0 Å². The van der Waals surface area contributed by atoms with Crippen LogP contribution in [0.25, 0.3) is 110 Å². The van der Waals surface area contributed by atoms with Gasteiger partial charge in [-0.2, -0.15) is 0 Å². The van der Waals surface area contributed by atoms with Crippen molar-refractivity contribution in [1.29, 1.82) is 0 Å². The summed E-state index contributed by atoms with van der Waals surface area (Å²) in [6.45, 7) is 0. The van der Waals surface area contributed by atoms with E-state index in [4.69, 9.17) is 19.5 Å². The number of rotatable bonds is 4. The second-order valence-corrected chi connectivity index (χ2v) is 12.6. The first kappa shape index (κ1) is 16.6. The van der Waals surface area contributed by atoms with Crippen LogP contribution in [0.2, 0.25) is 0 Å². The van der Waals surface area contributed by atoms with Gasteiger partial charge in [0.05, 0.1) is 26.0 Å². The maximum atomic E-state index is 9.91. The highest BCUT2D eigenvalue weighted by Crippen LogP contribution is 2.47. The molecule has 1 heterocycles. The van der Waals surface area contributed by atoms with Gasteiger partial charge in [0.25, 0.3) is 0 Å². The molecule has 0 aliphatic rings. The van der Waals surface area contributed by atoms with Crippen molar-refractivity contribution in [3.63, 3.8) is 0 Å². The van der Waals surface area contributed by atoms with Crippen molar-refractivity contribution in [3.8, 4) is 44.5 Å². The van der Waals surface area contributed by atoms with Crippen LogP contribution >= 0.6 is 0 Å². The third kappa shape index (κ3) is 4.64.